The Morgan fingerprint density at radius 3 is 2.09 bits per heavy atom. The van der Waals surface area contributed by atoms with Gasteiger partial charge >= 0.3 is 59.1 Å². The molecule has 0 aliphatic rings. The second-order valence-corrected chi connectivity index (χ2v) is 8.75. The van der Waals surface area contributed by atoms with Crippen LogP contribution in [0.1, 0.15) is 10.4 Å². The van der Waals surface area contributed by atoms with Crippen molar-refractivity contribution < 1.29 is 94.8 Å². The molecule has 0 aliphatic heterocycles. The molecule has 0 heterocycles. The first-order chi connectivity index (χ1) is 13.9. The molecule has 156 valence electrons. The van der Waals surface area contributed by atoms with E-state index in [2.05, 4.69) is 5.32 Å². The van der Waals surface area contributed by atoms with E-state index in [1.54, 1.807) is 0 Å². The van der Waals surface area contributed by atoms with Crippen molar-refractivity contribution in [2.24, 2.45) is 0 Å². The fourth-order valence-corrected chi connectivity index (χ4v) is 4.02. The van der Waals surface area contributed by atoms with E-state index in [4.69, 9.17) is 0 Å². The second kappa shape index (κ2) is 10.7. The zero-order valence-corrected chi connectivity index (χ0v) is 22.3. The Balaban J connectivity index is 0.00000256. The topological polar surface area (TPSA) is 187 Å². The summed E-state index contributed by atoms with van der Waals surface area (Å²) in [4.78, 5) is 20.7. The fraction of sp³-hybridized carbons (Fsp3) is 0. The maximum absolute atomic E-state index is 12.4. The van der Waals surface area contributed by atoms with E-state index in [1.807, 2.05) is 0 Å². The van der Waals surface area contributed by atoms with Crippen LogP contribution in [0.5, 0.6) is 0 Å². The Bertz CT molecular complexity index is 1430. The van der Waals surface area contributed by atoms with E-state index < -0.39 is 40.9 Å². The quantitative estimate of drug-likeness (QED) is 0.158. The summed E-state index contributed by atoms with van der Waals surface area (Å²) >= 11 is 0. The van der Waals surface area contributed by atoms with Gasteiger partial charge in [-0.2, -0.15) is 0 Å². The van der Waals surface area contributed by atoms with Gasteiger partial charge in [-0.15, -0.1) is 0 Å². The minimum absolute atomic E-state index is 0. The summed E-state index contributed by atoms with van der Waals surface area (Å²) in [6.07, 6.45) is 0. The Kier molecular flexibility index (Phi) is 9.57. The second-order valence-electron chi connectivity index (χ2n) is 6.03. The van der Waals surface area contributed by atoms with Crippen LogP contribution in [-0.4, -0.2) is 36.8 Å². The molecule has 3 aromatic carbocycles. The first-order valence-electron chi connectivity index (χ1n) is 7.92. The zero-order valence-electron chi connectivity index (χ0n) is 16.6. The van der Waals surface area contributed by atoms with Gasteiger partial charge in [0.1, 0.15) is 20.2 Å². The minimum atomic E-state index is -5.17. The van der Waals surface area contributed by atoms with Crippen LogP contribution in [0.4, 0.5) is 11.4 Å². The Labute approximate surface area is 226 Å². The number of amides is 1. The largest absolute Gasteiger partial charge is 1.00 e. The van der Waals surface area contributed by atoms with Crippen LogP contribution in [0.25, 0.3) is 10.8 Å². The molecular formula is C17H10N2Na2O9S2. The molecule has 0 fully saturated rings. The van der Waals surface area contributed by atoms with Crippen LogP contribution < -0.4 is 64.4 Å². The molecule has 0 aliphatic carbocycles. The number of nitro benzene ring substituents is 1. The van der Waals surface area contributed by atoms with Crippen molar-refractivity contribution in [3.05, 3.63) is 70.3 Å². The molecule has 0 spiro atoms. The predicted molar refractivity (Wildman–Crippen MR) is 101 cm³/mol. The number of non-ortho nitro benzene ring substituents is 1. The van der Waals surface area contributed by atoms with Gasteiger partial charge < -0.3 is 14.4 Å². The molecule has 3 rings (SSSR count). The summed E-state index contributed by atoms with van der Waals surface area (Å²) in [6, 6.07) is 9.81. The van der Waals surface area contributed by atoms with E-state index in [9.17, 15) is 40.8 Å². The van der Waals surface area contributed by atoms with E-state index in [0.717, 1.165) is 18.2 Å². The van der Waals surface area contributed by atoms with Crippen molar-refractivity contribution in [3.8, 4) is 0 Å². The van der Waals surface area contributed by atoms with E-state index in [-0.39, 0.29) is 86.8 Å². The van der Waals surface area contributed by atoms with Gasteiger partial charge in [0, 0.05) is 28.8 Å². The van der Waals surface area contributed by atoms with Crippen molar-refractivity contribution in [3.63, 3.8) is 0 Å². The average molecular weight is 496 g/mol. The SMILES string of the molecule is O=C(Nc1ccc2cc(S(=O)(=O)[O-])cc(S(=O)(=O)[O-])c2c1)c1cccc([N+](=O)[O-])c1.[Na+].[Na+]. The molecule has 32 heavy (non-hydrogen) atoms. The Hall–Kier alpha value is -1.39. The third-order valence-electron chi connectivity index (χ3n) is 4.02. The first-order valence-corrected chi connectivity index (χ1v) is 10.7. The van der Waals surface area contributed by atoms with Gasteiger partial charge in [-0.25, -0.2) is 16.8 Å². The number of hydrogen-bond acceptors (Lipinski definition) is 9. The number of fused-ring (bicyclic) bond motifs is 1. The van der Waals surface area contributed by atoms with Gasteiger partial charge in [0.2, 0.25) is 0 Å². The van der Waals surface area contributed by atoms with E-state index in [1.165, 1.54) is 30.3 Å². The minimum Gasteiger partial charge on any atom is -0.744 e. The molecule has 0 radical (unpaired) electrons. The van der Waals surface area contributed by atoms with Crippen molar-refractivity contribution in [1.29, 1.82) is 0 Å². The smallest absolute Gasteiger partial charge is 0.744 e. The van der Waals surface area contributed by atoms with Crippen molar-refractivity contribution in [2.75, 3.05) is 5.32 Å². The number of carbonyl (C=O) groups is 1. The van der Waals surface area contributed by atoms with Crippen molar-refractivity contribution in [1.82, 2.24) is 0 Å². The van der Waals surface area contributed by atoms with Gasteiger partial charge in [0.05, 0.1) is 14.7 Å². The Morgan fingerprint density at radius 2 is 1.53 bits per heavy atom. The molecule has 0 saturated heterocycles. The summed E-state index contributed by atoms with van der Waals surface area (Å²) in [7, 11) is -10.2. The molecule has 0 saturated carbocycles. The third-order valence-corrected chi connectivity index (χ3v) is 5.71. The Morgan fingerprint density at radius 1 is 0.875 bits per heavy atom. The number of benzene rings is 3. The molecule has 1 amide bonds. The number of nitrogens with zero attached hydrogens (tertiary/aromatic N) is 1. The molecule has 0 unspecified atom stereocenters. The average Bonchev–Trinajstić information content (AvgIpc) is 2.65. The van der Waals surface area contributed by atoms with Crippen LogP contribution in [0.2, 0.25) is 0 Å². The van der Waals surface area contributed by atoms with E-state index in [0.29, 0.717) is 6.07 Å². The summed E-state index contributed by atoms with van der Waals surface area (Å²) < 4.78 is 68.5. The molecular weight excluding hydrogens is 486 g/mol. The number of nitro groups is 1. The molecule has 0 aromatic heterocycles. The standard InChI is InChI=1S/C17H12N2O9S2.2Na/c20-17(11-2-1-3-13(6-11)19(21)22)18-12-5-4-10-7-14(29(23,24)25)9-16(15(10)8-12)30(26,27)28;;/h1-9H,(H,18,20)(H,23,24,25)(H,26,27,28);;/q;2*+1/p-2. The van der Waals surface area contributed by atoms with Crippen LogP contribution in [0, 0.1) is 10.1 Å². The summed E-state index contributed by atoms with van der Waals surface area (Å²) in [5.74, 6) is -0.747. The summed E-state index contributed by atoms with van der Waals surface area (Å²) in [5.41, 5.74) is -0.331. The van der Waals surface area contributed by atoms with Crippen LogP contribution in [0.3, 0.4) is 0 Å². The molecule has 11 nitrogen and oxygen atoms in total. The fourth-order valence-electron chi connectivity index (χ4n) is 2.69. The number of anilines is 1. The molecule has 0 atom stereocenters. The van der Waals surface area contributed by atoms with Crippen molar-refractivity contribution >= 4 is 48.3 Å². The third kappa shape index (κ3) is 6.57. The van der Waals surface area contributed by atoms with Gasteiger partial charge in [0.25, 0.3) is 11.6 Å². The maximum atomic E-state index is 12.4. The van der Waals surface area contributed by atoms with Gasteiger partial charge in [-0.1, -0.05) is 12.1 Å². The van der Waals surface area contributed by atoms with E-state index >= 15 is 0 Å². The monoisotopic (exact) mass is 496 g/mol. The predicted octanol–water partition coefficient (Wildman–Crippen LogP) is -4.18. The maximum Gasteiger partial charge on any atom is 1.00 e. The molecule has 0 bridgehead atoms. The summed E-state index contributed by atoms with van der Waals surface area (Å²) in [6.45, 7) is 0. The van der Waals surface area contributed by atoms with Gasteiger partial charge in [-0.3, -0.25) is 14.9 Å². The van der Waals surface area contributed by atoms with Crippen LogP contribution >= 0.6 is 0 Å². The normalized spacial score (nSPS) is 11.2. The molecule has 15 heteroatoms. The number of rotatable bonds is 5. The van der Waals surface area contributed by atoms with Crippen molar-refractivity contribution in [2.45, 2.75) is 9.79 Å². The van der Waals surface area contributed by atoms with Crippen LogP contribution in [0.15, 0.2) is 64.4 Å². The van der Waals surface area contributed by atoms with Gasteiger partial charge in [-0.05, 0) is 35.7 Å². The molecule has 3 aromatic rings. The number of carbonyl (C=O) groups excluding carboxylic acids is 1. The molecule has 1 N–H and O–H groups in total. The first kappa shape index (κ1) is 28.6. The summed E-state index contributed by atoms with van der Waals surface area (Å²) in [5, 5.41) is 13.0. The van der Waals surface area contributed by atoms with Gasteiger partial charge in [0.15, 0.2) is 0 Å². The number of hydrogen-bond donors (Lipinski definition) is 1. The van der Waals surface area contributed by atoms with Crippen LogP contribution in [-0.2, 0) is 20.2 Å². The zero-order chi connectivity index (χ0) is 22.3. The number of nitrogens with one attached hydrogen (secondary N) is 1.